The number of ether oxygens (including phenoxy) is 1. The lowest BCUT2D eigenvalue weighted by molar-refractivity contribution is -0.384. The summed E-state index contributed by atoms with van der Waals surface area (Å²) in [5, 5.41) is 21.8. The number of alkyl halides is 6. The lowest BCUT2D eigenvalue weighted by Crippen LogP contribution is -2.45. The second-order valence-electron chi connectivity index (χ2n) is 10.3. The van der Waals surface area contributed by atoms with Crippen LogP contribution in [0.4, 0.5) is 37.8 Å². The normalized spacial score (nSPS) is 19.7. The summed E-state index contributed by atoms with van der Waals surface area (Å²) < 4.78 is 98.1. The van der Waals surface area contributed by atoms with Gasteiger partial charge < -0.3 is 14.5 Å². The highest BCUT2D eigenvalue weighted by molar-refractivity contribution is 5.68. The van der Waals surface area contributed by atoms with Gasteiger partial charge in [-0.2, -0.15) is 26.3 Å². The Kier molecular flexibility index (Phi) is 8.91. The van der Waals surface area contributed by atoms with Crippen LogP contribution in [0.25, 0.3) is 11.6 Å². The molecule has 1 unspecified atom stereocenters. The number of nitrogens with one attached hydrogen (secondary N) is 1. The van der Waals surface area contributed by atoms with E-state index in [0.717, 1.165) is 5.56 Å². The summed E-state index contributed by atoms with van der Waals surface area (Å²) in [5.74, 6) is -2.73. The van der Waals surface area contributed by atoms with Crippen LogP contribution in [-0.4, -0.2) is 32.3 Å². The molecule has 0 amide bonds. The molecule has 2 aromatic carbocycles. The Morgan fingerprint density at radius 2 is 1.64 bits per heavy atom. The molecule has 45 heavy (non-hydrogen) atoms. The van der Waals surface area contributed by atoms with Crippen LogP contribution in [0.5, 0.6) is 0 Å². The largest absolute Gasteiger partial charge is 0.426 e. The number of aromatic nitrogens is 3. The van der Waals surface area contributed by atoms with Gasteiger partial charge >= 0.3 is 18.0 Å². The number of rotatable bonds is 6. The molecular formula is C30H25F6N5O4. The highest BCUT2D eigenvalue weighted by atomic mass is 19.4. The summed E-state index contributed by atoms with van der Waals surface area (Å²) in [4.78, 5) is 14.6. The quantitative estimate of drug-likeness (QED) is 0.0990. The van der Waals surface area contributed by atoms with Crippen molar-refractivity contribution in [3.63, 3.8) is 0 Å². The van der Waals surface area contributed by atoms with Crippen LogP contribution in [0.1, 0.15) is 41.8 Å². The molecule has 1 N–H and O–H groups in total. The second-order valence-corrected chi connectivity index (χ2v) is 10.3. The molecule has 3 heterocycles. The van der Waals surface area contributed by atoms with Gasteiger partial charge in [-0.1, -0.05) is 72.8 Å². The molecule has 15 heteroatoms. The fraction of sp³-hybridized carbons (Fsp3) is 0.300. The molecule has 0 saturated heterocycles. The molecule has 1 aliphatic rings. The molecule has 4 bridgehead atoms. The lowest BCUT2D eigenvalue weighted by Gasteiger charge is -2.32. The Morgan fingerprint density at radius 1 is 0.978 bits per heavy atom. The number of benzene rings is 2. The number of hydrogen-bond acceptors (Lipinski definition) is 8. The maximum atomic E-state index is 14.9. The summed E-state index contributed by atoms with van der Waals surface area (Å²) in [6.45, 7) is -0.506. The van der Waals surface area contributed by atoms with Gasteiger partial charge in [0.15, 0.2) is 0 Å². The maximum Gasteiger partial charge on any atom is 0.426 e. The first-order chi connectivity index (χ1) is 21.4. The van der Waals surface area contributed by atoms with Crippen LogP contribution in [0, 0.1) is 10.1 Å². The average Bonchev–Trinajstić information content (AvgIpc) is 3.48. The molecule has 0 radical (unpaired) electrons. The van der Waals surface area contributed by atoms with Crippen molar-refractivity contribution in [3.05, 3.63) is 112 Å². The average molecular weight is 634 g/mol. The first-order valence-electron chi connectivity index (χ1n) is 13.7. The van der Waals surface area contributed by atoms with Gasteiger partial charge in [0.25, 0.3) is 11.8 Å². The molecule has 4 aromatic rings. The third kappa shape index (κ3) is 6.98. The highest BCUT2D eigenvalue weighted by Crippen LogP contribution is 2.47. The molecule has 236 valence electrons. The molecular weight excluding hydrogens is 608 g/mol. The van der Waals surface area contributed by atoms with Crippen molar-refractivity contribution in [2.45, 2.75) is 56.3 Å². The zero-order valence-electron chi connectivity index (χ0n) is 23.3. The van der Waals surface area contributed by atoms with E-state index in [-0.39, 0.29) is 25.3 Å². The Morgan fingerprint density at radius 3 is 2.27 bits per heavy atom. The maximum absolute atomic E-state index is 14.9. The van der Waals surface area contributed by atoms with Crippen molar-refractivity contribution in [2.24, 2.45) is 0 Å². The van der Waals surface area contributed by atoms with E-state index >= 15 is 0 Å². The zero-order valence-corrected chi connectivity index (χ0v) is 23.3. The fourth-order valence-corrected chi connectivity index (χ4v) is 4.92. The molecule has 0 saturated carbocycles. The number of pyridine rings is 1. The van der Waals surface area contributed by atoms with Gasteiger partial charge in [0.2, 0.25) is 11.3 Å². The molecule has 1 aliphatic heterocycles. The minimum absolute atomic E-state index is 0.0858. The molecule has 0 aliphatic carbocycles. The predicted octanol–water partition coefficient (Wildman–Crippen LogP) is 7.80. The summed E-state index contributed by atoms with van der Waals surface area (Å²) in [5.41, 5.74) is -5.45. The SMILES string of the molecule is O=[N+]([O-])c1cc(C(F)(F)F)c2nc1-c1nnc(o1)[C@@](OCc1ccccc1)(C(F)(F)F)CC/C=C\CC(Cc1ccccc1)N2. The van der Waals surface area contributed by atoms with E-state index in [1.807, 2.05) is 0 Å². The smallest absolute Gasteiger partial charge is 0.415 e. The topological polar surface area (TPSA) is 116 Å². The molecule has 2 aromatic heterocycles. The summed E-state index contributed by atoms with van der Waals surface area (Å²) >= 11 is 0. The van der Waals surface area contributed by atoms with Gasteiger partial charge in [-0.05, 0) is 36.8 Å². The van der Waals surface area contributed by atoms with Crippen LogP contribution in [0.15, 0.2) is 83.3 Å². The second kappa shape index (κ2) is 12.7. The number of anilines is 1. The van der Waals surface area contributed by atoms with Crippen molar-refractivity contribution in [2.75, 3.05) is 5.32 Å². The van der Waals surface area contributed by atoms with E-state index in [0.29, 0.717) is 5.56 Å². The van der Waals surface area contributed by atoms with Crippen LogP contribution >= 0.6 is 0 Å². The third-order valence-electron chi connectivity index (χ3n) is 7.18. The monoisotopic (exact) mass is 633 g/mol. The van der Waals surface area contributed by atoms with Crippen molar-refractivity contribution in [1.29, 1.82) is 0 Å². The van der Waals surface area contributed by atoms with Crippen molar-refractivity contribution >= 4 is 11.5 Å². The van der Waals surface area contributed by atoms with E-state index in [1.165, 1.54) is 6.08 Å². The minimum atomic E-state index is -5.11. The third-order valence-corrected chi connectivity index (χ3v) is 7.18. The van der Waals surface area contributed by atoms with Gasteiger partial charge in [0.05, 0.1) is 11.5 Å². The van der Waals surface area contributed by atoms with E-state index in [1.54, 1.807) is 66.7 Å². The van der Waals surface area contributed by atoms with Crippen molar-refractivity contribution < 1.29 is 40.4 Å². The lowest BCUT2D eigenvalue weighted by atomic mass is 9.95. The van der Waals surface area contributed by atoms with Crippen LogP contribution in [0.3, 0.4) is 0 Å². The van der Waals surface area contributed by atoms with Gasteiger partial charge in [-0.25, -0.2) is 4.98 Å². The number of nitro groups is 1. The van der Waals surface area contributed by atoms with Gasteiger partial charge in [0, 0.05) is 12.1 Å². The van der Waals surface area contributed by atoms with E-state index in [2.05, 4.69) is 20.5 Å². The summed E-state index contributed by atoms with van der Waals surface area (Å²) in [7, 11) is 0. The fourth-order valence-electron chi connectivity index (χ4n) is 4.92. The van der Waals surface area contributed by atoms with E-state index < -0.39 is 76.5 Å². The molecule has 9 nitrogen and oxygen atoms in total. The number of hydrogen-bond donors (Lipinski definition) is 1. The van der Waals surface area contributed by atoms with Crippen molar-refractivity contribution in [3.8, 4) is 11.6 Å². The number of allylic oxidation sites excluding steroid dienone is 1. The number of fused-ring (bicyclic) bond motifs is 5. The highest BCUT2D eigenvalue weighted by Gasteiger charge is 2.61. The van der Waals surface area contributed by atoms with Crippen molar-refractivity contribution in [1.82, 2.24) is 15.2 Å². The number of nitrogens with zero attached hydrogens (tertiary/aromatic N) is 4. The van der Waals surface area contributed by atoms with Gasteiger partial charge in [0.1, 0.15) is 11.4 Å². The summed E-state index contributed by atoms with van der Waals surface area (Å²) in [6, 6.07) is 16.3. The van der Waals surface area contributed by atoms with E-state index in [4.69, 9.17) is 9.15 Å². The zero-order chi connectivity index (χ0) is 32.2. The standard InChI is InChI=1S/C30H25F6N5O4/c31-29(32,33)22-17-23(41(42)43)24-26-39-40-27(45-26)28(30(34,35)36,44-18-20-12-6-2-7-13-20)15-9-3-8-14-21(37-25(22)38-24)16-19-10-4-1-5-11-19/h1-8,10-13,17,21H,9,14-16,18H2,(H,37,38)/b8-3-/t21?,28-/m1/s1. The van der Waals surface area contributed by atoms with E-state index in [9.17, 15) is 36.5 Å². The molecule has 2 atom stereocenters. The predicted molar refractivity (Wildman–Crippen MR) is 149 cm³/mol. The first kappa shape index (κ1) is 31.6. The molecule has 5 rings (SSSR count). The Hall–Kier alpha value is -4.79. The first-order valence-corrected chi connectivity index (χ1v) is 13.7. The summed E-state index contributed by atoms with van der Waals surface area (Å²) in [6.07, 6.45) is -7.78. The van der Waals surface area contributed by atoms with Gasteiger partial charge in [-0.3, -0.25) is 10.1 Å². The Bertz CT molecular complexity index is 1660. The Labute approximate surface area is 252 Å². The van der Waals surface area contributed by atoms with Crippen LogP contribution in [0.2, 0.25) is 0 Å². The van der Waals surface area contributed by atoms with Crippen LogP contribution in [-0.2, 0) is 29.5 Å². The minimum Gasteiger partial charge on any atom is -0.415 e. The Balaban J connectivity index is 1.67. The van der Waals surface area contributed by atoms with Gasteiger partial charge in [-0.15, -0.1) is 10.2 Å². The number of halogens is 6. The van der Waals surface area contributed by atoms with Crippen LogP contribution < -0.4 is 5.32 Å². The molecule has 0 fully saturated rings. The molecule has 0 spiro atoms.